The zero-order valence-electron chi connectivity index (χ0n) is 11.9. The molecule has 2 N–H and O–H groups in total. The van der Waals surface area contributed by atoms with E-state index in [0.29, 0.717) is 12.2 Å². The van der Waals surface area contributed by atoms with Crippen LogP contribution in [-0.4, -0.2) is 28.2 Å². The van der Waals surface area contributed by atoms with E-state index in [-0.39, 0.29) is 11.6 Å². The van der Waals surface area contributed by atoms with Gasteiger partial charge in [0.05, 0.1) is 12.8 Å². The van der Waals surface area contributed by atoms with Crippen LogP contribution in [0.25, 0.3) is 0 Å². The van der Waals surface area contributed by atoms with Crippen molar-refractivity contribution in [2.75, 3.05) is 7.11 Å². The first kappa shape index (κ1) is 14.9. The molecule has 21 heavy (non-hydrogen) atoms. The minimum Gasteiger partial charge on any atom is -0.497 e. The number of rotatable bonds is 6. The molecule has 0 saturated heterocycles. The van der Waals surface area contributed by atoms with Crippen LogP contribution >= 0.6 is 0 Å². The Labute approximate surface area is 122 Å². The number of nitrogens with one attached hydrogen (secondary N) is 1. The van der Waals surface area contributed by atoms with Crippen LogP contribution < -0.4 is 10.1 Å². The van der Waals surface area contributed by atoms with Gasteiger partial charge in [0.25, 0.3) is 0 Å². The fourth-order valence-electron chi connectivity index (χ4n) is 1.95. The lowest BCUT2D eigenvalue weighted by molar-refractivity contribution is 0.0694. The fraction of sp³-hybridized carbons (Fsp3) is 0.267. The predicted octanol–water partition coefficient (Wildman–Crippen LogP) is 2.03. The Bertz CT molecular complexity index is 631. The minimum atomic E-state index is -1.03. The molecule has 0 radical (unpaired) electrons. The van der Waals surface area contributed by atoms with Crippen LogP contribution in [0.3, 0.4) is 0 Å². The van der Waals surface area contributed by atoms with Gasteiger partial charge in [0, 0.05) is 18.8 Å². The molecule has 0 spiro atoms. The lowest BCUT2D eigenvalue weighted by Crippen LogP contribution is -2.21. The fourth-order valence-corrected chi connectivity index (χ4v) is 1.95. The Hall–Kier alpha value is -2.47. The van der Waals surface area contributed by atoms with Crippen molar-refractivity contribution >= 4 is 5.97 Å². The first-order valence-corrected chi connectivity index (χ1v) is 6.51. The SMILES string of the molecule is COc1cccc([C@@H](C)NCc2ncncc2C(=O)O)c1. The number of aromatic nitrogens is 2. The number of nitrogens with zero attached hydrogens (tertiary/aromatic N) is 2. The molecule has 6 nitrogen and oxygen atoms in total. The molecule has 0 amide bonds. The van der Waals surface area contributed by atoms with Gasteiger partial charge in [-0.15, -0.1) is 0 Å². The van der Waals surface area contributed by atoms with Gasteiger partial charge in [-0.25, -0.2) is 14.8 Å². The maximum Gasteiger partial charge on any atom is 0.339 e. The summed E-state index contributed by atoms with van der Waals surface area (Å²) in [6.45, 7) is 2.35. The summed E-state index contributed by atoms with van der Waals surface area (Å²) in [5, 5.41) is 12.3. The topological polar surface area (TPSA) is 84.3 Å². The van der Waals surface area contributed by atoms with Gasteiger partial charge in [-0.3, -0.25) is 0 Å². The molecular formula is C15H17N3O3. The lowest BCUT2D eigenvalue weighted by atomic mass is 10.1. The molecule has 2 aromatic rings. The van der Waals surface area contributed by atoms with Crippen molar-refractivity contribution in [2.45, 2.75) is 19.5 Å². The number of methoxy groups -OCH3 is 1. The third-order valence-electron chi connectivity index (χ3n) is 3.19. The van der Waals surface area contributed by atoms with Crippen LogP contribution in [0.1, 0.15) is 34.6 Å². The summed E-state index contributed by atoms with van der Waals surface area (Å²) in [4.78, 5) is 18.9. The monoisotopic (exact) mass is 287 g/mol. The van der Waals surface area contributed by atoms with Crippen molar-refractivity contribution in [1.29, 1.82) is 0 Å². The van der Waals surface area contributed by atoms with Crippen molar-refractivity contribution in [3.63, 3.8) is 0 Å². The van der Waals surface area contributed by atoms with Crippen LogP contribution in [0.5, 0.6) is 5.75 Å². The molecule has 0 fully saturated rings. The normalized spacial score (nSPS) is 11.9. The second-order valence-electron chi connectivity index (χ2n) is 4.57. The molecule has 6 heteroatoms. The number of carboxylic acids is 1. The maximum absolute atomic E-state index is 11.1. The smallest absolute Gasteiger partial charge is 0.339 e. The van der Waals surface area contributed by atoms with Gasteiger partial charge in [0.1, 0.15) is 17.6 Å². The summed E-state index contributed by atoms with van der Waals surface area (Å²) < 4.78 is 5.19. The summed E-state index contributed by atoms with van der Waals surface area (Å²) >= 11 is 0. The predicted molar refractivity (Wildman–Crippen MR) is 77.2 cm³/mol. The molecular weight excluding hydrogens is 270 g/mol. The Kier molecular flexibility index (Phi) is 4.84. The summed E-state index contributed by atoms with van der Waals surface area (Å²) in [6.07, 6.45) is 2.65. The van der Waals surface area contributed by atoms with Crippen molar-refractivity contribution in [2.24, 2.45) is 0 Å². The van der Waals surface area contributed by atoms with E-state index in [0.717, 1.165) is 11.3 Å². The molecule has 0 aliphatic carbocycles. The number of carbonyl (C=O) groups is 1. The summed E-state index contributed by atoms with van der Waals surface area (Å²) in [7, 11) is 1.62. The van der Waals surface area contributed by atoms with E-state index in [1.807, 2.05) is 31.2 Å². The van der Waals surface area contributed by atoms with E-state index in [2.05, 4.69) is 15.3 Å². The van der Waals surface area contributed by atoms with Crippen LogP contribution in [0.4, 0.5) is 0 Å². The number of ether oxygens (including phenoxy) is 1. The number of benzene rings is 1. The molecule has 2 rings (SSSR count). The van der Waals surface area contributed by atoms with Gasteiger partial charge in [0.15, 0.2) is 0 Å². The molecule has 1 aromatic carbocycles. The van der Waals surface area contributed by atoms with Gasteiger partial charge >= 0.3 is 5.97 Å². The van der Waals surface area contributed by atoms with E-state index >= 15 is 0 Å². The van der Waals surface area contributed by atoms with E-state index in [9.17, 15) is 4.79 Å². The highest BCUT2D eigenvalue weighted by Crippen LogP contribution is 2.19. The van der Waals surface area contributed by atoms with Crippen molar-refractivity contribution in [3.8, 4) is 5.75 Å². The van der Waals surface area contributed by atoms with E-state index < -0.39 is 5.97 Å². The molecule has 0 aliphatic heterocycles. The first-order chi connectivity index (χ1) is 10.1. The molecule has 0 bridgehead atoms. The second-order valence-corrected chi connectivity index (χ2v) is 4.57. The Morgan fingerprint density at radius 2 is 2.29 bits per heavy atom. The van der Waals surface area contributed by atoms with E-state index in [1.165, 1.54) is 12.5 Å². The number of carboxylic acid groups (broad SMARTS) is 1. The Morgan fingerprint density at radius 1 is 1.48 bits per heavy atom. The van der Waals surface area contributed by atoms with Gasteiger partial charge in [-0.1, -0.05) is 12.1 Å². The average molecular weight is 287 g/mol. The molecule has 0 unspecified atom stereocenters. The van der Waals surface area contributed by atoms with Crippen LogP contribution in [0.15, 0.2) is 36.8 Å². The van der Waals surface area contributed by atoms with Gasteiger partial charge in [-0.05, 0) is 24.6 Å². The van der Waals surface area contributed by atoms with Crippen LogP contribution in [0, 0.1) is 0 Å². The third kappa shape index (κ3) is 3.76. The largest absolute Gasteiger partial charge is 0.497 e. The molecule has 1 aromatic heterocycles. The molecule has 1 heterocycles. The minimum absolute atomic E-state index is 0.0386. The van der Waals surface area contributed by atoms with Crippen molar-refractivity contribution in [1.82, 2.24) is 15.3 Å². The van der Waals surface area contributed by atoms with E-state index in [1.54, 1.807) is 7.11 Å². The average Bonchev–Trinajstić information content (AvgIpc) is 2.52. The number of aromatic carboxylic acids is 1. The lowest BCUT2D eigenvalue weighted by Gasteiger charge is -2.15. The molecule has 0 aliphatic rings. The van der Waals surface area contributed by atoms with Crippen LogP contribution in [0.2, 0.25) is 0 Å². The van der Waals surface area contributed by atoms with Gasteiger partial charge in [-0.2, -0.15) is 0 Å². The third-order valence-corrected chi connectivity index (χ3v) is 3.19. The highest BCUT2D eigenvalue weighted by atomic mass is 16.5. The maximum atomic E-state index is 11.1. The number of hydrogen-bond donors (Lipinski definition) is 2. The van der Waals surface area contributed by atoms with Crippen LogP contribution in [-0.2, 0) is 6.54 Å². The zero-order chi connectivity index (χ0) is 15.2. The Morgan fingerprint density at radius 3 is 3.00 bits per heavy atom. The quantitative estimate of drug-likeness (QED) is 0.845. The summed E-state index contributed by atoms with van der Waals surface area (Å²) in [5.41, 5.74) is 1.63. The molecule has 0 saturated carbocycles. The summed E-state index contributed by atoms with van der Waals surface area (Å²) in [6, 6.07) is 7.76. The Balaban J connectivity index is 2.07. The van der Waals surface area contributed by atoms with E-state index in [4.69, 9.17) is 9.84 Å². The van der Waals surface area contributed by atoms with Crippen molar-refractivity contribution in [3.05, 3.63) is 53.6 Å². The highest BCUT2D eigenvalue weighted by Gasteiger charge is 2.13. The molecule has 1 atom stereocenters. The van der Waals surface area contributed by atoms with Gasteiger partial charge in [0.2, 0.25) is 0 Å². The number of hydrogen-bond acceptors (Lipinski definition) is 5. The highest BCUT2D eigenvalue weighted by molar-refractivity contribution is 5.88. The summed E-state index contributed by atoms with van der Waals surface area (Å²) in [5.74, 6) is -0.240. The zero-order valence-corrected chi connectivity index (χ0v) is 11.9. The first-order valence-electron chi connectivity index (χ1n) is 6.51. The van der Waals surface area contributed by atoms with Gasteiger partial charge < -0.3 is 15.2 Å². The standard InChI is InChI=1S/C15H17N3O3/c1-10(11-4-3-5-12(6-11)21-2)17-8-14-13(15(19)20)7-16-9-18-14/h3-7,9-10,17H,8H2,1-2H3,(H,19,20)/t10-/m1/s1. The molecule has 110 valence electrons. The second kappa shape index (κ2) is 6.81. The van der Waals surface area contributed by atoms with Crippen molar-refractivity contribution < 1.29 is 14.6 Å².